The predicted molar refractivity (Wildman–Crippen MR) is 143 cm³/mol. The maximum atomic E-state index is 15.5. The molecule has 0 bridgehead atoms. The lowest BCUT2D eigenvalue weighted by atomic mass is 9.94. The summed E-state index contributed by atoms with van der Waals surface area (Å²) in [5.41, 5.74) is -3.14. The Hall–Kier alpha value is -5.01. The van der Waals surface area contributed by atoms with Gasteiger partial charge in [-0.25, -0.2) is 18.5 Å². The topological polar surface area (TPSA) is 147 Å². The number of benzene rings is 2. The summed E-state index contributed by atoms with van der Waals surface area (Å²) >= 11 is 0. The number of imide groups is 1. The quantitative estimate of drug-likeness (QED) is 0.326. The Labute approximate surface area is 242 Å². The Balaban J connectivity index is 1.42. The van der Waals surface area contributed by atoms with Crippen molar-refractivity contribution in [2.75, 3.05) is 20.4 Å². The number of carbonyl (C=O) groups is 5. The third kappa shape index (κ3) is 4.19. The van der Waals surface area contributed by atoms with Crippen LogP contribution in [0.4, 0.5) is 13.6 Å². The number of methoxy groups -OCH3 is 1. The van der Waals surface area contributed by atoms with Gasteiger partial charge in [-0.1, -0.05) is 6.07 Å². The van der Waals surface area contributed by atoms with Crippen molar-refractivity contribution in [1.29, 1.82) is 0 Å². The molecule has 3 aliphatic heterocycles. The molecule has 0 saturated carbocycles. The van der Waals surface area contributed by atoms with E-state index in [1.807, 2.05) is 0 Å². The standard InChI is InChI=1S/C29H26F2N4O8/c1-28(2,3)26(39)42-12-35-25(38)29(33-27(35)40,11-34-10-13-5-6-16(41-4)20(30)19(13)24(34)37)17-8-14-7-15-9-32-23(36)18(15)21(31)22(14)43-17/h5-8H,9-12H2,1-4H3,(H,32,36)(H,33,40)/t29-/m0/s1. The van der Waals surface area contributed by atoms with E-state index < -0.39 is 65.6 Å². The summed E-state index contributed by atoms with van der Waals surface area (Å²) < 4.78 is 46.6. The van der Waals surface area contributed by atoms with Crippen molar-refractivity contribution in [3.8, 4) is 5.75 Å². The van der Waals surface area contributed by atoms with Crippen LogP contribution >= 0.6 is 0 Å². The van der Waals surface area contributed by atoms with Crippen LogP contribution in [0.15, 0.2) is 28.7 Å². The van der Waals surface area contributed by atoms with E-state index in [0.29, 0.717) is 16.0 Å². The van der Waals surface area contributed by atoms with Crippen LogP contribution in [0.5, 0.6) is 5.75 Å². The molecule has 2 aromatic carbocycles. The second-order valence-electron chi connectivity index (χ2n) is 11.6. The van der Waals surface area contributed by atoms with Crippen molar-refractivity contribution in [2.45, 2.75) is 39.4 Å². The van der Waals surface area contributed by atoms with Gasteiger partial charge in [0.2, 0.25) is 0 Å². The maximum Gasteiger partial charge on any atom is 0.328 e. The van der Waals surface area contributed by atoms with Gasteiger partial charge in [-0.05, 0) is 50.1 Å². The normalized spacial score (nSPS) is 19.6. The number of halogens is 2. The first kappa shape index (κ1) is 28.1. The second kappa shape index (κ2) is 9.51. The van der Waals surface area contributed by atoms with E-state index in [2.05, 4.69) is 10.6 Å². The molecular formula is C29H26F2N4O8. The second-order valence-corrected chi connectivity index (χ2v) is 11.6. The van der Waals surface area contributed by atoms with Gasteiger partial charge in [-0.15, -0.1) is 0 Å². The van der Waals surface area contributed by atoms with Crippen molar-refractivity contribution in [3.05, 3.63) is 63.9 Å². The highest BCUT2D eigenvalue weighted by Gasteiger charge is 2.57. The number of rotatable bonds is 6. The highest BCUT2D eigenvalue weighted by atomic mass is 19.1. The van der Waals surface area contributed by atoms with Crippen molar-refractivity contribution in [3.63, 3.8) is 0 Å². The Kier molecular flexibility index (Phi) is 6.22. The molecule has 43 heavy (non-hydrogen) atoms. The summed E-state index contributed by atoms with van der Waals surface area (Å²) in [6, 6.07) is 4.77. The molecule has 14 heteroatoms. The lowest BCUT2D eigenvalue weighted by Gasteiger charge is -2.29. The van der Waals surface area contributed by atoms with Crippen LogP contribution in [0.3, 0.4) is 0 Å². The van der Waals surface area contributed by atoms with Crippen molar-refractivity contribution in [2.24, 2.45) is 5.41 Å². The van der Waals surface area contributed by atoms with Gasteiger partial charge in [0, 0.05) is 18.5 Å². The molecule has 0 radical (unpaired) electrons. The highest BCUT2D eigenvalue weighted by Crippen LogP contribution is 2.39. The minimum absolute atomic E-state index is 0.0881. The highest BCUT2D eigenvalue weighted by molar-refractivity contribution is 6.09. The van der Waals surface area contributed by atoms with Gasteiger partial charge in [0.1, 0.15) is 5.76 Å². The number of carbonyl (C=O) groups excluding carboxylic acids is 5. The monoisotopic (exact) mass is 596 g/mol. The van der Waals surface area contributed by atoms with E-state index in [4.69, 9.17) is 13.9 Å². The average Bonchev–Trinajstić information content (AvgIpc) is 3.68. The third-order valence-electron chi connectivity index (χ3n) is 7.73. The number of nitrogens with one attached hydrogen (secondary N) is 2. The van der Waals surface area contributed by atoms with Crippen LogP contribution in [-0.4, -0.2) is 59.9 Å². The van der Waals surface area contributed by atoms with Crippen LogP contribution in [-0.2, 0) is 33.0 Å². The SMILES string of the molecule is COc1ccc2c(c1F)C(=O)N(C[C@@]1(c3cc4cc5c(c(F)c4o3)C(=O)NC5)NC(=O)N(COC(=O)C(C)(C)C)C1=O)C2. The number of furan rings is 1. The van der Waals surface area contributed by atoms with Crippen molar-refractivity contribution < 1.29 is 46.6 Å². The van der Waals surface area contributed by atoms with Gasteiger partial charge in [0.25, 0.3) is 17.7 Å². The van der Waals surface area contributed by atoms with Crippen LogP contribution < -0.4 is 15.4 Å². The summed E-state index contributed by atoms with van der Waals surface area (Å²) in [6.07, 6.45) is 0. The third-order valence-corrected chi connectivity index (χ3v) is 7.73. The van der Waals surface area contributed by atoms with E-state index in [1.54, 1.807) is 20.8 Å². The van der Waals surface area contributed by atoms with Gasteiger partial charge in [0.05, 0.1) is 30.2 Å². The lowest BCUT2D eigenvalue weighted by molar-refractivity contribution is -0.158. The summed E-state index contributed by atoms with van der Waals surface area (Å²) in [5.74, 6) is -5.25. The average molecular weight is 597 g/mol. The van der Waals surface area contributed by atoms with E-state index >= 15 is 8.78 Å². The Morgan fingerprint density at radius 1 is 1.07 bits per heavy atom. The zero-order valence-corrected chi connectivity index (χ0v) is 23.6. The van der Waals surface area contributed by atoms with Gasteiger partial charge < -0.3 is 29.4 Å². The Morgan fingerprint density at radius 2 is 1.81 bits per heavy atom. The number of ether oxygens (including phenoxy) is 2. The molecular weight excluding hydrogens is 570 g/mol. The molecule has 5 amide bonds. The van der Waals surface area contributed by atoms with Gasteiger partial charge >= 0.3 is 12.0 Å². The summed E-state index contributed by atoms with van der Waals surface area (Å²) in [4.78, 5) is 67.0. The number of amides is 5. The Bertz CT molecular complexity index is 1780. The molecule has 3 aliphatic rings. The number of hydrogen-bond donors (Lipinski definition) is 2. The minimum atomic E-state index is -2.12. The fourth-order valence-corrected chi connectivity index (χ4v) is 5.46. The molecule has 1 saturated heterocycles. The van der Waals surface area contributed by atoms with Crippen molar-refractivity contribution in [1.82, 2.24) is 20.4 Å². The first-order valence-electron chi connectivity index (χ1n) is 13.3. The number of hydrogen-bond acceptors (Lipinski definition) is 8. The first-order chi connectivity index (χ1) is 20.3. The van der Waals surface area contributed by atoms with Crippen molar-refractivity contribution >= 4 is 40.7 Å². The molecule has 224 valence electrons. The van der Waals surface area contributed by atoms with Crippen LogP contribution in [0, 0.1) is 17.0 Å². The van der Waals surface area contributed by atoms with E-state index in [9.17, 15) is 24.0 Å². The summed E-state index contributed by atoms with van der Waals surface area (Å²) in [5, 5.41) is 5.28. The molecule has 6 rings (SSSR count). The molecule has 0 spiro atoms. The minimum Gasteiger partial charge on any atom is -0.494 e. The molecule has 3 aromatic rings. The maximum absolute atomic E-state index is 15.5. The zero-order chi connectivity index (χ0) is 31.0. The summed E-state index contributed by atoms with van der Waals surface area (Å²) in [6.45, 7) is 3.46. The fourth-order valence-electron chi connectivity index (χ4n) is 5.46. The number of fused-ring (bicyclic) bond motifs is 3. The fraction of sp³-hybridized carbons (Fsp3) is 0.345. The number of esters is 1. The van der Waals surface area contributed by atoms with Gasteiger partial charge in [-0.3, -0.25) is 19.2 Å². The van der Waals surface area contributed by atoms with E-state index in [0.717, 1.165) is 4.90 Å². The van der Waals surface area contributed by atoms with Gasteiger partial charge in [-0.2, -0.15) is 0 Å². The first-order valence-corrected chi connectivity index (χ1v) is 13.3. The molecule has 2 N–H and O–H groups in total. The molecule has 4 heterocycles. The molecule has 1 aromatic heterocycles. The molecule has 1 atom stereocenters. The largest absolute Gasteiger partial charge is 0.494 e. The van der Waals surface area contributed by atoms with Crippen LogP contribution in [0.2, 0.25) is 0 Å². The predicted octanol–water partition coefficient (Wildman–Crippen LogP) is 2.91. The van der Waals surface area contributed by atoms with Crippen LogP contribution in [0.25, 0.3) is 11.0 Å². The zero-order valence-electron chi connectivity index (χ0n) is 23.6. The summed E-state index contributed by atoms with van der Waals surface area (Å²) in [7, 11) is 1.25. The van der Waals surface area contributed by atoms with Crippen LogP contribution in [0.1, 0.15) is 58.4 Å². The smallest absolute Gasteiger partial charge is 0.328 e. The van der Waals surface area contributed by atoms with Gasteiger partial charge in [0.15, 0.2) is 35.2 Å². The molecule has 1 fully saturated rings. The lowest BCUT2D eigenvalue weighted by Crippen LogP contribution is -2.52. The number of nitrogens with zero attached hydrogens (tertiary/aromatic N) is 2. The number of urea groups is 1. The molecule has 0 aliphatic carbocycles. The molecule has 12 nitrogen and oxygen atoms in total. The molecule has 0 unspecified atom stereocenters. The Morgan fingerprint density at radius 3 is 2.51 bits per heavy atom. The van der Waals surface area contributed by atoms with E-state index in [-0.39, 0.29) is 46.7 Å². The van der Waals surface area contributed by atoms with E-state index in [1.165, 1.54) is 31.4 Å².